The normalized spacial score (nSPS) is 11.6. The lowest BCUT2D eigenvalue weighted by atomic mass is 9.95. The smallest absolute Gasteiger partial charge is 0.121 e. The van der Waals surface area contributed by atoms with Crippen molar-refractivity contribution in [3.05, 3.63) is 28.8 Å². The van der Waals surface area contributed by atoms with Crippen molar-refractivity contribution in [3.63, 3.8) is 0 Å². The topological polar surface area (TPSA) is 23.5 Å². The summed E-state index contributed by atoms with van der Waals surface area (Å²) in [4.78, 5) is 2.74. The number of phenolic OH excluding ortho intramolecular Hbond substituents is 1. The average Bonchev–Trinajstić information content (AvgIpc) is 2.94. The van der Waals surface area contributed by atoms with Crippen molar-refractivity contribution in [2.75, 3.05) is 13.1 Å². The van der Waals surface area contributed by atoms with Gasteiger partial charge in [-0.05, 0) is 68.3 Å². The molecule has 0 aliphatic heterocycles. The summed E-state index contributed by atoms with van der Waals surface area (Å²) in [6.07, 6.45) is 31.3. The molecule has 0 saturated heterocycles. The Kier molecular flexibility index (Phi) is 23.9. The molecule has 0 heterocycles. The number of aryl methyl sites for hydroxylation is 2. The predicted octanol–water partition coefficient (Wildman–Crippen LogP) is 11.9. The summed E-state index contributed by atoms with van der Waals surface area (Å²) in [5, 5.41) is 11.2. The number of unbranched alkanes of at least 4 members (excludes halogenated alkanes) is 18. The molecule has 0 aromatic heterocycles. The first-order valence-electron chi connectivity index (χ1n) is 17.7. The highest BCUT2D eigenvalue weighted by Crippen LogP contribution is 2.29. The Hall–Kier alpha value is -1.02. The molecule has 2 nitrogen and oxygen atoms in total. The van der Waals surface area contributed by atoms with E-state index in [0.29, 0.717) is 5.75 Å². The summed E-state index contributed by atoms with van der Waals surface area (Å²) in [5.41, 5.74) is 3.87. The van der Waals surface area contributed by atoms with Gasteiger partial charge < -0.3 is 5.11 Å². The van der Waals surface area contributed by atoms with E-state index in [9.17, 15) is 5.11 Å². The van der Waals surface area contributed by atoms with E-state index in [1.54, 1.807) is 0 Å². The third-order valence-corrected chi connectivity index (χ3v) is 8.49. The highest BCUT2D eigenvalue weighted by atomic mass is 16.3. The molecule has 0 bridgehead atoms. The van der Waals surface area contributed by atoms with Crippen LogP contribution in [0.15, 0.2) is 12.1 Å². The van der Waals surface area contributed by atoms with Crippen molar-refractivity contribution in [2.24, 2.45) is 0 Å². The number of hydrogen-bond acceptors (Lipinski definition) is 2. The molecule has 0 aliphatic carbocycles. The van der Waals surface area contributed by atoms with Crippen LogP contribution in [0.25, 0.3) is 0 Å². The summed E-state index contributed by atoms with van der Waals surface area (Å²) in [7, 11) is 0. The second-order valence-corrected chi connectivity index (χ2v) is 12.4. The van der Waals surface area contributed by atoms with Gasteiger partial charge in [-0.1, -0.05) is 155 Å². The lowest BCUT2D eigenvalue weighted by Gasteiger charge is -2.24. The van der Waals surface area contributed by atoms with Crippen molar-refractivity contribution in [2.45, 2.75) is 188 Å². The van der Waals surface area contributed by atoms with Gasteiger partial charge >= 0.3 is 0 Å². The minimum absolute atomic E-state index is 0.614. The van der Waals surface area contributed by atoms with E-state index in [-0.39, 0.29) is 0 Å². The van der Waals surface area contributed by atoms with Crippen LogP contribution in [-0.2, 0) is 19.4 Å². The quantitative estimate of drug-likeness (QED) is 0.106. The second-order valence-electron chi connectivity index (χ2n) is 12.4. The van der Waals surface area contributed by atoms with Gasteiger partial charge in [0.2, 0.25) is 0 Å². The first kappa shape index (κ1) is 36.0. The number of hydrogen-bond donors (Lipinski definition) is 1. The van der Waals surface area contributed by atoms with E-state index in [1.807, 2.05) is 0 Å². The van der Waals surface area contributed by atoms with Crippen LogP contribution < -0.4 is 0 Å². The lowest BCUT2D eigenvalue weighted by molar-refractivity contribution is 0.252. The molecule has 0 fully saturated rings. The molecule has 1 aromatic rings. The maximum absolute atomic E-state index is 11.2. The molecule has 0 radical (unpaired) electrons. The molecule has 1 rings (SSSR count). The molecule has 0 aliphatic rings. The lowest BCUT2D eigenvalue weighted by Crippen LogP contribution is -2.26. The largest absolute Gasteiger partial charge is 0.507 e. The minimum Gasteiger partial charge on any atom is -0.507 e. The van der Waals surface area contributed by atoms with Crippen molar-refractivity contribution < 1.29 is 5.11 Å². The fourth-order valence-electron chi connectivity index (χ4n) is 5.90. The Balaban J connectivity index is 2.87. The maximum Gasteiger partial charge on any atom is 0.121 e. The Bertz CT molecular complexity index is 618. The average molecular weight is 544 g/mol. The van der Waals surface area contributed by atoms with Gasteiger partial charge in [-0.3, -0.25) is 4.90 Å². The molecular weight excluding hydrogens is 474 g/mol. The van der Waals surface area contributed by atoms with Gasteiger partial charge in [-0.15, -0.1) is 0 Å². The van der Waals surface area contributed by atoms with Crippen LogP contribution in [0.5, 0.6) is 5.75 Å². The summed E-state index contributed by atoms with van der Waals surface area (Å²) in [5.74, 6) is 0.614. The first-order chi connectivity index (χ1) is 19.2. The van der Waals surface area contributed by atoms with Crippen LogP contribution in [0.3, 0.4) is 0 Å². The van der Waals surface area contributed by atoms with Gasteiger partial charge in [0.1, 0.15) is 5.75 Å². The Morgan fingerprint density at radius 3 is 1.18 bits per heavy atom. The Labute approximate surface area is 245 Å². The molecule has 1 aromatic carbocycles. The van der Waals surface area contributed by atoms with Crippen molar-refractivity contribution in [3.8, 4) is 5.75 Å². The van der Waals surface area contributed by atoms with E-state index < -0.39 is 0 Å². The van der Waals surface area contributed by atoms with Gasteiger partial charge in [0.05, 0.1) is 0 Å². The maximum atomic E-state index is 11.2. The fraction of sp³-hybridized carbons (Fsp3) is 0.838. The van der Waals surface area contributed by atoms with Gasteiger partial charge in [0.25, 0.3) is 0 Å². The summed E-state index contributed by atoms with van der Waals surface area (Å²) in [6, 6.07) is 4.73. The first-order valence-corrected chi connectivity index (χ1v) is 17.7. The van der Waals surface area contributed by atoms with Crippen LogP contribution >= 0.6 is 0 Å². The molecule has 0 spiro atoms. The number of nitrogens with zero attached hydrogens (tertiary/aromatic N) is 1. The predicted molar refractivity (Wildman–Crippen MR) is 175 cm³/mol. The van der Waals surface area contributed by atoms with E-state index in [0.717, 1.165) is 19.4 Å². The second kappa shape index (κ2) is 25.9. The van der Waals surface area contributed by atoms with Gasteiger partial charge in [0.15, 0.2) is 0 Å². The third-order valence-electron chi connectivity index (χ3n) is 8.49. The van der Waals surface area contributed by atoms with Gasteiger partial charge in [0, 0.05) is 6.54 Å². The number of phenols is 1. The van der Waals surface area contributed by atoms with E-state index >= 15 is 0 Å². The highest BCUT2D eigenvalue weighted by Gasteiger charge is 2.13. The van der Waals surface area contributed by atoms with Crippen LogP contribution in [-0.4, -0.2) is 23.1 Å². The zero-order valence-electron chi connectivity index (χ0n) is 27.1. The number of aromatic hydroxyl groups is 1. The summed E-state index contributed by atoms with van der Waals surface area (Å²) in [6.45, 7) is 12.7. The standard InChI is InChI=1S/C37H69NO/c1-5-9-13-17-21-25-29-38(30-26-22-18-14-10-6-2)33-34-31-35(27-23-19-15-11-7-3)37(39)36(32-34)28-24-20-16-12-8-4/h31-32,39H,5-30,33H2,1-4H3. The SMILES string of the molecule is CCCCCCCCN(CCCCCCCC)Cc1cc(CCCCCCC)c(O)c(CCCCCCC)c1. The van der Waals surface area contributed by atoms with E-state index in [2.05, 4.69) is 44.7 Å². The molecule has 228 valence electrons. The van der Waals surface area contributed by atoms with Crippen molar-refractivity contribution in [1.29, 1.82) is 0 Å². The molecule has 0 saturated carbocycles. The Morgan fingerprint density at radius 2 is 0.795 bits per heavy atom. The molecule has 39 heavy (non-hydrogen) atoms. The van der Waals surface area contributed by atoms with Crippen molar-refractivity contribution >= 4 is 0 Å². The number of benzene rings is 1. The molecular formula is C37H69NO. The zero-order chi connectivity index (χ0) is 28.4. The molecule has 0 amide bonds. The highest BCUT2D eigenvalue weighted by molar-refractivity contribution is 5.44. The Morgan fingerprint density at radius 1 is 0.462 bits per heavy atom. The molecule has 2 heteroatoms. The van der Waals surface area contributed by atoms with E-state index in [4.69, 9.17) is 0 Å². The minimum atomic E-state index is 0.614. The van der Waals surface area contributed by atoms with E-state index in [1.165, 1.54) is 171 Å². The van der Waals surface area contributed by atoms with Crippen LogP contribution in [0, 0.1) is 0 Å². The summed E-state index contributed by atoms with van der Waals surface area (Å²) < 4.78 is 0. The number of rotatable bonds is 28. The molecule has 1 N–H and O–H groups in total. The molecule has 0 atom stereocenters. The van der Waals surface area contributed by atoms with Gasteiger partial charge in [-0.25, -0.2) is 0 Å². The fourth-order valence-corrected chi connectivity index (χ4v) is 5.90. The van der Waals surface area contributed by atoms with Gasteiger partial charge in [-0.2, -0.15) is 0 Å². The monoisotopic (exact) mass is 544 g/mol. The van der Waals surface area contributed by atoms with Crippen molar-refractivity contribution in [1.82, 2.24) is 4.90 Å². The summed E-state index contributed by atoms with van der Waals surface area (Å²) >= 11 is 0. The zero-order valence-corrected chi connectivity index (χ0v) is 27.1. The third kappa shape index (κ3) is 18.9. The van der Waals surface area contributed by atoms with Crippen LogP contribution in [0.4, 0.5) is 0 Å². The van der Waals surface area contributed by atoms with Crippen LogP contribution in [0.2, 0.25) is 0 Å². The molecule has 0 unspecified atom stereocenters. The van der Waals surface area contributed by atoms with Crippen LogP contribution in [0.1, 0.15) is 186 Å².